The van der Waals surface area contributed by atoms with Crippen molar-refractivity contribution in [3.63, 3.8) is 0 Å². The highest BCUT2D eigenvalue weighted by atomic mass is 32.1. The minimum Gasteiger partial charge on any atom is -0.507 e. The molecule has 0 atom stereocenters. The van der Waals surface area contributed by atoms with E-state index in [1.54, 1.807) is 43.5 Å². The van der Waals surface area contributed by atoms with Gasteiger partial charge in [0.25, 0.3) is 5.91 Å². The number of phenols is 1. The lowest BCUT2D eigenvalue weighted by atomic mass is 10.1. The first-order valence-electron chi connectivity index (χ1n) is 7.80. The number of hydrazine groups is 1. The van der Waals surface area contributed by atoms with E-state index in [1.807, 2.05) is 24.3 Å². The molecular weight excluding hydrogens is 350 g/mol. The van der Waals surface area contributed by atoms with Gasteiger partial charge in [-0.1, -0.05) is 24.3 Å². The number of rotatable bonds is 3. The van der Waals surface area contributed by atoms with Crippen LogP contribution in [0.4, 0.5) is 5.69 Å². The van der Waals surface area contributed by atoms with E-state index in [9.17, 15) is 9.90 Å². The molecule has 0 aliphatic rings. The molecule has 0 fully saturated rings. The number of nitrogens with one attached hydrogen (secondary N) is 3. The number of hydrogen-bond acceptors (Lipinski definition) is 4. The first-order chi connectivity index (χ1) is 12.6. The number of anilines is 1. The summed E-state index contributed by atoms with van der Waals surface area (Å²) in [4.78, 5) is 12.3. The second kappa shape index (κ2) is 7.71. The topological polar surface area (TPSA) is 82.6 Å². The van der Waals surface area contributed by atoms with Gasteiger partial charge in [0.15, 0.2) is 5.11 Å². The Balaban J connectivity index is 1.62. The van der Waals surface area contributed by atoms with Gasteiger partial charge < -0.3 is 15.2 Å². The lowest BCUT2D eigenvalue weighted by molar-refractivity contribution is 0.0941. The number of carbonyl (C=O) groups is 1. The van der Waals surface area contributed by atoms with Gasteiger partial charge in [0.1, 0.15) is 11.5 Å². The maximum Gasteiger partial charge on any atom is 0.273 e. The van der Waals surface area contributed by atoms with Crippen LogP contribution in [-0.2, 0) is 0 Å². The van der Waals surface area contributed by atoms with Crippen molar-refractivity contribution in [3.8, 4) is 11.5 Å². The van der Waals surface area contributed by atoms with Crippen LogP contribution < -0.4 is 20.9 Å². The number of carbonyl (C=O) groups excluding carboxylic acids is 1. The summed E-state index contributed by atoms with van der Waals surface area (Å²) in [5, 5.41) is 14.9. The van der Waals surface area contributed by atoms with Gasteiger partial charge in [0.05, 0.1) is 12.7 Å². The maximum atomic E-state index is 12.3. The second-order valence-electron chi connectivity index (χ2n) is 5.48. The largest absolute Gasteiger partial charge is 0.507 e. The van der Waals surface area contributed by atoms with Crippen LogP contribution in [0, 0.1) is 0 Å². The van der Waals surface area contributed by atoms with E-state index < -0.39 is 5.91 Å². The molecule has 0 heterocycles. The number of amides is 1. The van der Waals surface area contributed by atoms with Crippen LogP contribution in [0.5, 0.6) is 11.5 Å². The normalized spacial score (nSPS) is 10.2. The van der Waals surface area contributed by atoms with Gasteiger partial charge in [-0.25, -0.2) is 0 Å². The molecule has 0 aromatic heterocycles. The lowest BCUT2D eigenvalue weighted by Crippen LogP contribution is -2.43. The Morgan fingerprint density at radius 1 is 1.00 bits per heavy atom. The van der Waals surface area contributed by atoms with E-state index in [0.29, 0.717) is 0 Å². The number of ether oxygens (including phenoxy) is 1. The molecule has 26 heavy (non-hydrogen) atoms. The van der Waals surface area contributed by atoms with Crippen molar-refractivity contribution in [2.24, 2.45) is 0 Å². The van der Waals surface area contributed by atoms with Crippen molar-refractivity contribution < 1.29 is 14.6 Å². The summed E-state index contributed by atoms with van der Waals surface area (Å²) in [5.74, 6) is 0.138. The number of fused-ring (bicyclic) bond motifs is 1. The first kappa shape index (κ1) is 17.5. The summed E-state index contributed by atoms with van der Waals surface area (Å²) in [5.41, 5.74) is 5.98. The van der Waals surface area contributed by atoms with E-state index in [0.717, 1.165) is 22.2 Å². The third kappa shape index (κ3) is 4.01. The number of methoxy groups -OCH3 is 1. The number of aromatic hydroxyl groups is 1. The van der Waals surface area contributed by atoms with Crippen molar-refractivity contribution in [2.45, 2.75) is 0 Å². The summed E-state index contributed by atoms with van der Waals surface area (Å²) in [6.07, 6.45) is 0. The molecule has 6 nitrogen and oxygen atoms in total. The molecule has 132 valence electrons. The zero-order valence-electron chi connectivity index (χ0n) is 13.9. The number of hydrogen-bond donors (Lipinski definition) is 4. The molecule has 0 saturated carbocycles. The van der Waals surface area contributed by atoms with Crippen molar-refractivity contribution in [1.82, 2.24) is 10.9 Å². The fourth-order valence-corrected chi connectivity index (χ4v) is 2.60. The average Bonchev–Trinajstić information content (AvgIpc) is 2.66. The van der Waals surface area contributed by atoms with E-state index in [1.165, 1.54) is 0 Å². The zero-order valence-corrected chi connectivity index (χ0v) is 14.8. The van der Waals surface area contributed by atoms with Crippen LogP contribution in [0.1, 0.15) is 10.4 Å². The SMILES string of the molecule is COc1ccc(NC(=S)NNC(=O)c2cc3ccccc3cc2O)cc1. The standard InChI is InChI=1S/C19H17N3O3S/c1-25-15-8-6-14(7-9-15)20-19(26)22-21-18(24)16-10-12-4-2-3-5-13(12)11-17(16)23/h2-11,23H,1H3,(H,21,24)(H2,20,22,26). The maximum absolute atomic E-state index is 12.3. The molecule has 0 aliphatic carbocycles. The van der Waals surface area contributed by atoms with Crippen LogP contribution in [0.3, 0.4) is 0 Å². The molecule has 0 unspecified atom stereocenters. The molecular formula is C19H17N3O3S. The molecule has 4 N–H and O–H groups in total. The summed E-state index contributed by atoms with van der Waals surface area (Å²) in [6.45, 7) is 0. The molecule has 0 radical (unpaired) electrons. The molecule has 7 heteroatoms. The molecule has 3 aromatic carbocycles. The molecule has 0 bridgehead atoms. The fourth-order valence-electron chi connectivity index (χ4n) is 2.43. The van der Waals surface area contributed by atoms with Gasteiger partial charge in [0, 0.05) is 5.69 Å². The van der Waals surface area contributed by atoms with Gasteiger partial charge in [-0.2, -0.15) is 0 Å². The van der Waals surface area contributed by atoms with E-state index in [4.69, 9.17) is 17.0 Å². The van der Waals surface area contributed by atoms with E-state index >= 15 is 0 Å². The number of benzene rings is 3. The van der Waals surface area contributed by atoms with Crippen molar-refractivity contribution in [2.75, 3.05) is 12.4 Å². The Kier molecular flexibility index (Phi) is 5.19. The van der Waals surface area contributed by atoms with Gasteiger partial charge in [-0.3, -0.25) is 15.6 Å². The minimum absolute atomic E-state index is 0.1000. The third-order valence-corrected chi connectivity index (χ3v) is 3.95. The predicted molar refractivity (Wildman–Crippen MR) is 105 cm³/mol. The lowest BCUT2D eigenvalue weighted by Gasteiger charge is -2.13. The van der Waals surface area contributed by atoms with Crippen LogP contribution in [-0.4, -0.2) is 23.2 Å². The monoisotopic (exact) mass is 367 g/mol. The molecule has 0 saturated heterocycles. The Labute approximate surface area is 155 Å². The van der Waals surface area contributed by atoms with Crippen molar-refractivity contribution in [1.29, 1.82) is 0 Å². The Morgan fingerprint density at radius 2 is 1.65 bits per heavy atom. The van der Waals surface area contributed by atoms with Gasteiger partial charge in [-0.05, 0) is 59.4 Å². The van der Waals surface area contributed by atoms with Crippen molar-refractivity contribution in [3.05, 3.63) is 66.2 Å². The smallest absolute Gasteiger partial charge is 0.273 e. The second-order valence-corrected chi connectivity index (χ2v) is 5.89. The average molecular weight is 367 g/mol. The highest BCUT2D eigenvalue weighted by Gasteiger charge is 2.12. The molecule has 1 amide bonds. The van der Waals surface area contributed by atoms with Gasteiger partial charge in [0.2, 0.25) is 0 Å². The van der Waals surface area contributed by atoms with E-state index in [2.05, 4.69) is 16.2 Å². The van der Waals surface area contributed by atoms with Gasteiger partial charge >= 0.3 is 0 Å². The summed E-state index contributed by atoms with van der Waals surface area (Å²) in [6, 6.07) is 17.8. The van der Waals surface area contributed by atoms with E-state index in [-0.39, 0.29) is 16.4 Å². The van der Waals surface area contributed by atoms with Crippen molar-refractivity contribution >= 4 is 39.7 Å². The number of phenolic OH excluding ortho intramolecular Hbond substituents is 1. The summed E-state index contributed by atoms with van der Waals surface area (Å²) >= 11 is 5.14. The molecule has 0 aliphatic heterocycles. The quantitative estimate of drug-likeness (QED) is 0.420. The summed E-state index contributed by atoms with van der Waals surface area (Å²) < 4.78 is 5.09. The predicted octanol–water partition coefficient (Wildman–Crippen LogP) is 3.19. The summed E-state index contributed by atoms with van der Waals surface area (Å²) in [7, 11) is 1.59. The van der Waals surface area contributed by atoms with Gasteiger partial charge in [-0.15, -0.1) is 0 Å². The third-order valence-electron chi connectivity index (χ3n) is 3.75. The van der Waals surface area contributed by atoms with Crippen LogP contribution in [0.15, 0.2) is 60.7 Å². The Morgan fingerprint density at radius 3 is 2.31 bits per heavy atom. The Bertz CT molecular complexity index is 958. The highest BCUT2D eigenvalue weighted by molar-refractivity contribution is 7.80. The molecule has 3 aromatic rings. The number of thiocarbonyl (C=S) groups is 1. The zero-order chi connectivity index (χ0) is 18.5. The highest BCUT2D eigenvalue weighted by Crippen LogP contribution is 2.24. The Hall–Kier alpha value is -3.32. The fraction of sp³-hybridized carbons (Fsp3) is 0.0526. The molecule has 0 spiro atoms. The molecule has 3 rings (SSSR count). The minimum atomic E-state index is -0.493. The van der Waals surface area contributed by atoms with Crippen LogP contribution in [0.25, 0.3) is 10.8 Å². The first-order valence-corrected chi connectivity index (χ1v) is 8.21. The van der Waals surface area contributed by atoms with Crippen LogP contribution in [0.2, 0.25) is 0 Å². The van der Waals surface area contributed by atoms with Crippen LogP contribution >= 0.6 is 12.2 Å².